The lowest BCUT2D eigenvalue weighted by Crippen LogP contribution is -2.11. The summed E-state index contributed by atoms with van der Waals surface area (Å²) in [6, 6.07) is 5.16. The number of hydrogen-bond acceptors (Lipinski definition) is 3. The van der Waals surface area contributed by atoms with Crippen LogP contribution in [0.4, 0.5) is 0 Å². The second kappa shape index (κ2) is 4.55. The normalized spacial score (nSPS) is 12.4. The summed E-state index contributed by atoms with van der Waals surface area (Å²) in [6.07, 6.45) is 3.44. The molecule has 0 amide bonds. The van der Waals surface area contributed by atoms with Crippen molar-refractivity contribution in [3.05, 3.63) is 46.7 Å². The highest BCUT2D eigenvalue weighted by atomic mass is 35.5. The topological polar surface area (TPSA) is 63.9 Å². The largest absolute Gasteiger partial charge is 0.497 e. The van der Waals surface area contributed by atoms with Crippen LogP contribution in [0.1, 0.15) is 17.2 Å². The summed E-state index contributed by atoms with van der Waals surface area (Å²) in [5.41, 5.74) is 7.81. The predicted octanol–water partition coefficient (Wildman–Crippen LogP) is 2.12. The summed E-state index contributed by atoms with van der Waals surface area (Å²) >= 11 is 6.13. The van der Waals surface area contributed by atoms with Gasteiger partial charge in [-0.1, -0.05) is 17.7 Å². The molecular weight excluding hydrogens is 226 g/mol. The van der Waals surface area contributed by atoms with Crippen molar-refractivity contribution in [1.82, 2.24) is 10.2 Å². The second-order valence-electron chi connectivity index (χ2n) is 3.40. The smallest absolute Gasteiger partial charge is 0.120 e. The summed E-state index contributed by atoms with van der Waals surface area (Å²) in [5.74, 6) is 0.716. The van der Waals surface area contributed by atoms with E-state index in [0.29, 0.717) is 10.8 Å². The van der Waals surface area contributed by atoms with Gasteiger partial charge in [0.25, 0.3) is 0 Å². The number of rotatable bonds is 3. The number of benzene rings is 1. The Morgan fingerprint density at radius 1 is 1.50 bits per heavy atom. The highest BCUT2D eigenvalue weighted by molar-refractivity contribution is 6.31. The Hall–Kier alpha value is -1.52. The fourth-order valence-corrected chi connectivity index (χ4v) is 1.79. The molecule has 4 nitrogen and oxygen atoms in total. The van der Waals surface area contributed by atoms with Crippen LogP contribution in [-0.2, 0) is 0 Å². The molecular formula is C11H12ClN3O. The van der Waals surface area contributed by atoms with E-state index in [9.17, 15) is 0 Å². The van der Waals surface area contributed by atoms with Gasteiger partial charge in [0.15, 0.2) is 0 Å². The van der Waals surface area contributed by atoms with Crippen molar-refractivity contribution in [2.75, 3.05) is 7.11 Å². The third kappa shape index (κ3) is 2.03. The molecule has 1 aromatic carbocycles. The zero-order valence-corrected chi connectivity index (χ0v) is 9.53. The quantitative estimate of drug-likeness (QED) is 0.860. The van der Waals surface area contributed by atoms with E-state index in [4.69, 9.17) is 22.1 Å². The lowest BCUT2D eigenvalue weighted by atomic mass is 10.0. The third-order valence-electron chi connectivity index (χ3n) is 2.42. The van der Waals surface area contributed by atoms with Gasteiger partial charge in [-0.25, -0.2) is 0 Å². The summed E-state index contributed by atoms with van der Waals surface area (Å²) in [5, 5.41) is 7.17. The molecule has 16 heavy (non-hydrogen) atoms. The Bertz CT molecular complexity index is 470. The Balaban J connectivity index is 2.34. The van der Waals surface area contributed by atoms with E-state index in [2.05, 4.69) is 10.2 Å². The molecule has 1 unspecified atom stereocenters. The van der Waals surface area contributed by atoms with Crippen LogP contribution in [0.5, 0.6) is 5.75 Å². The predicted molar refractivity (Wildman–Crippen MR) is 62.6 cm³/mol. The number of aromatic nitrogens is 2. The molecule has 0 aliphatic rings. The van der Waals surface area contributed by atoms with Gasteiger partial charge in [0.2, 0.25) is 0 Å². The zero-order chi connectivity index (χ0) is 11.5. The maximum Gasteiger partial charge on any atom is 0.120 e. The number of ether oxygens (including phenoxy) is 1. The van der Waals surface area contributed by atoms with Crippen molar-refractivity contribution < 1.29 is 4.74 Å². The van der Waals surface area contributed by atoms with Crippen LogP contribution in [0.2, 0.25) is 5.02 Å². The number of aromatic amines is 1. The van der Waals surface area contributed by atoms with Gasteiger partial charge in [0.05, 0.1) is 19.3 Å². The van der Waals surface area contributed by atoms with Crippen LogP contribution in [0.3, 0.4) is 0 Å². The molecule has 0 fully saturated rings. The molecule has 2 aromatic rings. The first kappa shape index (κ1) is 11.0. The first-order valence-corrected chi connectivity index (χ1v) is 5.18. The summed E-state index contributed by atoms with van der Waals surface area (Å²) in [6.45, 7) is 0. The minimum atomic E-state index is -0.280. The molecule has 0 bridgehead atoms. The molecule has 1 heterocycles. The SMILES string of the molecule is COc1ccc(C(N)c2cn[nH]c2)c(Cl)c1. The van der Waals surface area contributed by atoms with Gasteiger partial charge < -0.3 is 10.5 Å². The molecule has 1 atom stereocenters. The zero-order valence-electron chi connectivity index (χ0n) is 8.77. The van der Waals surface area contributed by atoms with Crippen LogP contribution >= 0.6 is 11.6 Å². The summed E-state index contributed by atoms with van der Waals surface area (Å²) in [7, 11) is 1.60. The highest BCUT2D eigenvalue weighted by Crippen LogP contribution is 2.29. The van der Waals surface area contributed by atoms with Crippen LogP contribution in [0, 0.1) is 0 Å². The number of nitrogens with two attached hydrogens (primary N) is 1. The minimum Gasteiger partial charge on any atom is -0.497 e. The molecule has 1 aromatic heterocycles. The molecule has 0 aliphatic heterocycles. The van der Waals surface area contributed by atoms with Gasteiger partial charge in [-0.15, -0.1) is 0 Å². The van der Waals surface area contributed by atoms with Crippen molar-refractivity contribution in [3.63, 3.8) is 0 Å². The van der Waals surface area contributed by atoms with Gasteiger partial charge >= 0.3 is 0 Å². The Kier molecular flexibility index (Phi) is 3.12. The molecule has 0 spiro atoms. The Morgan fingerprint density at radius 2 is 2.31 bits per heavy atom. The molecule has 5 heteroatoms. The number of methoxy groups -OCH3 is 1. The van der Waals surface area contributed by atoms with E-state index in [0.717, 1.165) is 11.1 Å². The fourth-order valence-electron chi connectivity index (χ4n) is 1.50. The molecule has 3 N–H and O–H groups in total. The van der Waals surface area contributed by atoms with Crippen molar-refractivity contribution in [3.8, 4) is 5.75 Å². The lowest BCUT2D eigenvalue weighted by Gasteiger charge is -2.12. The first-order valence-electron chi connectivity index (χ1n) is 4.80. The first-order chi connectivity index (χ1) is 7.72. The van der Waals surface area contributed by atoms with E-state index in [1.807, 2.05) is 12.1 Å². The average molecular weight is 238 g/mol. The maximum atomic E-state index is 6.13. The van der Waals surface area contributed by atoms with Gasteiger partial charge in [-0.05, 0) is 17.7 Å². The number of nitrogens with one attached hydrogen (secondary N) is 1. The maximum absolute atomic E-state index is 6.13. The lowest BCUT2D eigenvalue weighted by molar-refractivity contribution is 0.414. The van der Waals surface area contributed by atoms with E-state index < -0.39 is 0 Å². The van der Waals surface area contributed by atoms with Gasteiger partial charge in [-0.2, -0.15) is 5.10 Å². The van der Waals surface area contributed by atoms with Gasteiger partial charge in [-0.3, -0.25) is 5.10 Å². The standard InChI is InChI=1S/C11H12ClN3O/c1-16-8-2-3-9(10(12)4-8)11(13)7-5-14-15-6-7/h2-6,11H,13H2,1H3,(H,14,15). The van der Waals surface area contributed by atoms with Gasteiger partial charge in [0.1, 0.15) is 5.75 Å². The molecule has 0 aliphatic carbocycles. The number of halogens is 1. The minimum absolute atomic E-state index is 0.280. The third-order valence-corrected chi connectivity index (χ3v) is 2.75. The molecule has 0 saturated carbocycles. The monoisotopic (exact) mass is 237 g/mol. The fraction of sp³-hybridized carbons (Fsp3) is 0.182. The van der Waals surface area contributed by atoms with Crippen LogP contribution < -0.4 is 10.5 Å². The van der Waals surface area contributed by atoms with Crippen LogP contribution in [-0.4, -0.2) is 17.3 Å². The van der Waals surface area contributed by atoms with E-state index >= 15 is 0 Å². The molecule has 0 radical (unpaired) electrons. The number of hydrogen-bond donors (Lipinski definition) is 2. The molecule has 0 saturated heterocycles. The summed E-state index contributed by atoms with van der Waals surface area (Å²) < 4.78 is 5.08. The summed E-state index contributed by atoms with van der Waals surface area (Å²) in [4.78, 5) is 0. The molecule has 2 rings (SSSR count). The Labute approximate surface area is 98.4 Å². The number of H-pyrrole nitrogens is 1. The van der Waals surface area contributed by atoms with Crippen molar-refractivity contribution in [2.45, 2.75) is 6.04 Å². The van der Waals surface area contributed by atoms with Crippen molar-refractivity contribution in [1.29, 1.82) is 0 Å². The van der Waals surface area contributed by atoms with E-state index in [-0.39, 0.29) is 6.04 Å². The van der Waals surface area contributed by atoms with Crippen LogP contribution in [0.15, 0.2) is 30.6 Å². The van der Waals surface area contributed by atoms with Gasteiger partial charge in [0, 0.05) is 16.8 Å². The highest BCUT2D eigenvalue weighted by Gasteiger charge is 2.13. The van der Waals surface area contributed by atoms with E-state index in [1.54, 1.807) is 25.6 Å². The molecule has 84 valence electrons. The second-order valence-corrected chi connectivity index (χ2v) is 3.80. The average Bonchev–Trinajstić information content (AvgIpc) is 2.81. The van der Waals surface area contributed by atoms with Crippen LogP contribution in [0.25, 0.3) is 0 Å². The number of nitrogens with zero attached hydrogens (tertiary/aromatic N) is 1. The van der Waals surface area contributed by atoms with E-state index in [1.165, 1.54) is 0 Å². The van der Waals surface area contributed by atoms with Crippen molar-refractivity contribution >= 4 is 11.6 Å². The Morgan fingerprint density at radius 3 is 2.88 bits per heavy atom. The van der Waals surface area contributed by atoms with Crippen molar-refractivity contribution in [2.24, 2.45) is 5.73 Å².